The zero-order valence-electron chi connectivity index (χ0n) is 11.4. The van der Waals surface area contributed by atoms with Gasteiger partial charge in [0.05, 0.1) is 0 Å². The first kappa shape index (κ1) is 13.7. The highest BCUT2D eigenvalue weighted by molar-refractivity contribution is 5.95. The van der Waals surface area contributed by atoms with E-state index < -0.39 is 23.1 Å². The van der Waals surface area contributed by atoms with Crippen molar-refractivity contribution in [3.8, 4) is 0 Å². The Kier molecular flexibility index (Phi) is 3.69. The molecule has 1 aliphatic carbocycles. The SMILES string of the molecule is O=C(N[C@@H]1CCc2ccccc2C1)c1c(F)cccc1F. The van der Waals surface area contributed by atoms with Gasteiger partial charge < -0.3 is 5.32 Å². The Bertz CT molecular complexity index is 664. The lowest BCUT2D eigenvalue weighted by Gasteiger charge is -2.25. The van der Waals surface area contributed by atoms with E-state index in [1.54, 1.807) is 0 Å². The fourth-order valence-corrected chi connectivity index (χ4v) is 2.79. The van der Waals surface area contributed by atoms with Crippen molar-refractivity contribution in [2.75, 3.05) is 0 Å². The molecule has 0 aliphatic heterocycles. The van der Waals surface area contributed by atoms with Crippen LogP contribution in [0.2, 0.25) is 0 Å². The second-order valence-corrected chi connectivity index (χ2v) is 5.28. The third-order valence-corrected chi connectivity index (χ3v) is 3.87. The summed E-state index contributed by atoms with van der Waals surface area (Å²) < 4.78 is 27.2. The normalized spacial score (nSPS) is 17.1. The molecule has 1 amide bonds. The summed E-state index contributed by atoms with van der Waals surface area (Å²) in [5.41, 5.74) is 1.96. The first-order valence-corrected chi connectivity index (χ1v) is 6.97. The summed E-state index contributed by atoms with van der Waals surface area (Å²) in [7, 11) is 0. The molecular formula is C17H15F2NO. The van der Waals surface area contributed by atoms with E-state index in [4.69, 9.17) is 0 Å². The monoisotopic (exact) mass is 287 g/mol. The van der Waals surface area contributed by atoms with Gasteiger partial charge in [0, 0.05) is 6.04 Å². The Labute approximate surface area is 121 Å². The van der Waals surface area contributed by atoms with E-state index in [0.717, 1.165) is 25.0 Å². The third kappa shape index (κ3) is 2.79. The molecule has 1 atom stereocenters. The molecule has 2 nitrogen and oxygen atoms in total. The predicted molar refractivity (Wildman–Crippen MR) is 76.1 cm³/mol. The molecule has 0 radical (unpaired) electrons. The van der Waals surface area contributed by atoms with Crippen molar-refractivity contribution in [1.82, 2.24) is 5.32 Å². The minimum atomic E-state index is -0.830. The molecule has 0 bridgehead atoms. The molecule has 2 aromatic rings. The van der Waals surface area contributed by atoms with E-state index in [9.17, 15) is 13.6 Å². The second-order valence-electron chi connectivity index (χ2n) is 5.28. The van der Waals surface area contributed by atoms with Gasteiger partial charge in [0.15, 0.2) is 0 Å². The quantitative estimate of drug-likeness (QED) is 0.902. The van der Waals surface area contributed by atoms with Gasteiger partial charge in [0.2, 0.25) is 0 Å². The maximum Gasteiger partial charge on any atom is 0.257 e. The number of rotatable bonds is 2. The average Bonchev–Trinajstić information content (AvgIpc) is 2.47. The largest absolute Gasteiger partial charge is 0.349 e. The fourth-order valence-electron chi connectivity index (χ4n) is 2.79. The van der Waals surface area contributed by atoms with Gasteiger partial charge in [-0.25, -0.2) is 8.78 Å². The number of fused-ring (bicyclic) bond motifs is 1. The number of hydrogen-bond donors (Lipinski definition) is 1. The number of carbonyl (C=O) groups is 1. The number of nitrogens with one attached hydrogen (secondary N) is 1. The number of benzene rings is 2. The van der Waals surface area contributed by atoms with Gasteiger partial charge in [-0.3, -0.25) is 4.79 Å². The van der Waals surface area contributed by atoms with Crippen LogP contribution in [0.4, 0.5) is 8.78 Å². The number of halogens is 2. The van der Waals surface area contributed by atoms with Crippen molar-refractivity contribution in [1.29, 1.82) is 0 Å². The van der Waals surface area contributed by atoms with E-state index in [1.165, 1.54) is 17.2 Å². The van der Waals surface area contributed by atoms with Crippen LogP contribution in [0.5, 0.6) is 0 Å². The van der Waals surface area contributed by atoms with Crippen LogP contribution in [0.1, 0.15) is 27.9 Å². The van der Waals surface area contributed by atoms with E-state index in [1.807, 2.05) is 18.2 Å². The molecule has 21 heavy (non-hydrogen) atoms. The summed E-state index contributed by atoms with van der Waals surface area (Å²) in [5.74, 6) is -2.34. The minimum Gasteiger partial charge on any atom is -0.349 e. The lowest BCUT2D eigenvalue weighted by molar-refractivity contribution is 0.0925. The molecule has 0 spiro atoms. The van der Waals surface area contributed by atoms with Gasteiger partial charge >= 0.3 is 0 Å². The van der Waals surface area contributed by atoms with Crippen molar-refractivity contribution < 1.29 is 13.6 Å². The van der Waals surface area contributed by atoms with Gasteiger partial charge in [-0.05, 0) is 42.5 Å². The van der Waals surface area contributed by atoms with Gasteiger partial charge in [0.25, 0.3) is 5.91 Å². The summed E-state index contributed by atoms with van der Waals surface area (Å²) in [6.07, 6.45) is 2.33. The number of carbonyl (C=O) groups excluding carboxylic acids is 1. The molecular weight excluding hydrogens is 272 g/mol. The Morgan fingerprint density at radius 2 is 1.67 bits per heavy atom. The van der Waals surface area contributed by atoms with Crippen LogP contribution in [0.15, 0.2) is 42.5 Å². The maximum atomic E-state index is 13.6. The molecule has 0 aromatic heterocycles. The lowest BCUT2D eigenvalue weighted by Crippen LogP contribution is -2.39. The van der Waals surface area contributed by atoms with Crippen LogP contribution in [-0.2, 0) is 12.8 Å². The summed E-state index contributed by atoms with van der Waals surface area (Å²) in [6, 6.07) is 11.4. The molecule has 1 N–H and O–H groups in total. The number of hydrogen-bond acceptors (Lipinski definition) is 1. The van der Waals surface area contributed by atoms with Crippen LogP contribution in [-0.4, -0.2) is 11.9 Å². The van der Waals surface area contributed by atoms with Crippen LogP contribution in [0.3, 0.4) is 0 Å². The highest BCUT2D eigenvalue weighted by Gasteiger charge is 2.23. The number of amides is 1. The molecule has 0 heterocycles. The van der Waals surface area contributed by atoms with Crippen molar-refractivity contribution in [2.45, 2.75) is 25.3 Å². The summed E-state index contributed by atoms with van der Waals surface area (Å²) in [4.78, 5) is 12.1. The number of aryl methyl sites for hydroxylation is 1. The van der Waals surface area contributed by atoms with Crippen molar-refractivity contribution >= 4 is 5.91 Å². The fraction of sp³-hybridized carbons (Fsp3) is 0.235. The van der Waals surface area contributed by atoms with Crippen molar-refractivity contribution in [3.05, 3.63) is 70.8 Å². The van der Waals surface area contributed by atoms with Gasteiger partial charge in [0.1, 0.15) is 17.2 Å². The van der Waals surface area contributed by atoms with E-state index in [-0.39, 0.29) is 6.04 Å². The second kappa shape index (κ2) is 5.64. The van der Waals surface area contributed by atoms with Crippen LogP contribution < -0.4 is 5.32 Å². The molecule has 3 rings (SSSR count). The summed E-state index contributed by atoms with van der Waals surface area (Å²) >= 11 is 0. The van der Waals surface area contributed by atoms with E-state index in [2.05, 4.69) is 11.4 Å². The molecule has 0 fully saturated rings. The molecule has 0 saturated heterocycles. The Balaban J connectivity index is 1.75. The van der Waals surface area contributed by atoms with E-state index >= 15 is 0 Å². The topological polar surface area (TPSA) is 29.1 Å². The zero-order chi connectivity index (χ0) is 14.8. The average molecular weight is 287 g/mol. The smallest absolute Gasteiger partial charge is 0.257 e. The minimum absolute atomic E-state index is 0.0913. The summed E-state index contributed by atoms with van der Waals surface area (Å²) in [6.45, 7) is 0. The highest BCUT2D eigenvalue weighted by Crippen LogP contribution is 2.21. The zero-order valence-corrected chi connectivity index (χ0v) is 11.4. The molecule has 108 valence electrons. The Morgan fingerprint density at radius 1 is 1.00 bits per heavy atom. The standard InChI is InChI=1S/C17H15F2NO/c18-14-6-3-7-15(19)16(14)17(21)20-13-9-8-11-4-1-2-5-12(11)10-13/h1-7,13H,8-10H2,(H,20,21)/t13-/m1/s1. The predicted octanol–water partition coefficient (Wildman–Crippen LogP) is 3.25. The Morgan fingerprint density at radius 3 is 2.38 bits per heavy atom. The van der Waals surface area contributed by atoms with Crippen molar-refractivity contribution in [3.63, 3.8) is 0 Å². The Hall–Kier alpha value is -2.23. The molecule has 0 unspecified atom stereocenters. The van der Waals surface area contributed by atoms with Crippen LogP contribution in [0.25, 0.3) is 0 Å². The highest BCUT2D eigenvalue weighted by atomic mass is 19.1. The molecule has 2 aromatic carbocycles. The van der Waals surface area contributed by atoms with Gasteiger partial charge in [-0.1, -0.05) is 30.3 Å². The van der Waals surface area contributed by atoms with Crippen LogP contribution in [0, 0.1) is 11.6 Å². The third-order valence-electron chi connectivity index (χ3n) is 3.87. The molecule has 4 heteroatoms. The first-order valence-electron chi connectivity index (χ1n) is 6.97. The van der Waals surface area contributed by atoms with Gasteiger partial charge in [-0.2, -0.15) is 0 Å². The van der Waals surface area contributed by atoms with Crippen molar-refractivity contribution in [2.24, 2.45) is 0 Å². The summed E-state index contributed by atoms with van der Waals surface area (Å²) in [5, 5.41) is 2.74. The van der Waals surface area contributed by atoms with E-state index in [0.29, 0.717) is 6.42 Å². The van der Waals surface area contributed by atoms with Crippen LogP contribution >= 0.6 is 0 Å². The first-order chi connectivity index (χ1) is 10.1. The molecule has 1 aliphatic rings. The maximum absolute atomic E-state index is 13.6. The van der Waals surface area contributed by atoms with Gasteiger partial charge in [-0.15, -0.1) is 0 Å². The molecule has 0 saturated carbocycles. The lowest BCUT2D eigenvalue weighted by atomic mass is 9.88.